The van der Waals surface area contributed by atoms with Crippen LogP contribution >= 0.6 is 0 Å². The van der Waals surface area contributed by atoms with E-state index in [1.165, 1.54) is 6.92 Å². The quantitative estimate of drug-likeness (QED) is 0.717. The first kappa shape index (κ1) is 17.7. The Labute approximate surface area is 153 Å². The molecule has 0 fully saturated rings. The summed E-state index contributed by atoms with van der Waals surface area (Å²) in [6.45, 7) is 1.78. The number of benzene rings is 3. The molecule has 0 saturated carbocycles. The third-order valence-electron chi connectivity index (χ3n) is 4.30. The maximum Gasteiger partial charge on any atom is 0.222 e. The highest BCUT2D eigenvalue weighted by Crippen LogP contribution is 2.29. The van der Waals surface area contributed by atoms with E-state index in [0.29, 0.717) is 6.54 Å². The summed E-state index contributed by atoms with van der Waals surface area (Å²) in [4.78, 5) is 23.4. The normalized spacial score (nSPS) is 11.7. The highest BCUT2D eigenvalue weighted by atomic mass is 16.2. The second-order valence-corrected chi connectivity index (χ2v) is 6.21. The van der Waals surface area contributed by atoms with E-state index < -0.39 is 0 Å². The molecule has 0 spiro atoms. The maximum atomic E-state index is 12.5. The summed E-state index contributed by atoms with van der Waals surface area (Å²) >= 11 is 0. The van der Waals surface area contributed by atoms with Gasteiger partial charge in [0.1, 0.15) is 0 Å². The van der Waals surface area contributed by atoms with Crippen molar-refractivity contribution in [2.24, 2.45) is 0 Å². The van der Waals surface area contributed by atoms with Gasteiger partial charge in [-0.05, 0) is 21.9 Å². The summed E-state index contributed by atoms with van der Waals surface area (Å²) in [5.74, 6) is -0.230. The van der Waals surface area contributed by atoms with Crippen molar-refractivity contribution in [3.05, 3.63) is 83.9 Å². The minimum Gasteiger partial charge on any atom is -0.356 e. The van der Waals surface area contributed by atoms with Crippen molar-refractivity contribution in [3.8, 4) is 0 Å². The summed E-state index contributed by atoms with van der Waals surface area (Å²) in [6, 6.07) is 24.0. The Kier molecular flexibility index (Phi) is 5.64. The van der Waals surface area contributed by atoms with Gasteiger partial charge < -0.3 is 10.6 Å². The van der Waals surface area contributed by atoms with Gasteiger partial charge in [0, 0.05) is 19.9 Å². The lowest BCUT2D eigenvalue weighted by Gasteiger charge is -2.21. The molecule has 1 atom stereocenters. The summed E-state index contributed by atoms with van der Waals surface area (Å²) in [7, 11) is 0. The van der Waals surface area contributed by atoms with Crippen molar-refractivity contribution >= 4 is 22.6 Å². The van der Waals surface area contributed by atoms with Crippen molar-refractivity contribution in [2.75, 3.05) is 6.54 Å². The maximum absolute atomic E-state index is 12.5. The molecule has 0 bridgehead atoms. The van der Waals surface area contributed by atoms with Gasteiger partial charge in [0.15, 0.2) is 0 Å². The Hall–Kier alpha value is -3.14. The van der Waals surface area contributed by atoms with Crippen LogP contribution < -0.4 is 10.6 Å². The number of hydrogen-bond donors (Lipinski definition) is 2. The highest BCUT2D eigenvalue weighted by molar-refractivity contribution is 5.87. The van der Waals surface area contributed by atoms with E-state index in [0.717, 1.165) is 21.9 Å². The van der Waals surface area contributed by atoms with Crippen molar-refractivity contribution in [3.63, 3.8) is 0 Å². The average molecular weight is 346 g/mol. The van der Waals surface area contributed by atoms with E-state index in [4.69, 9.17) is 0 Å². The lowest BCUT2D eigenvalue weighted by atomic mass is 9.93. The van der Waals surface area contributed by atoms with Gasteiger partial charge in [0.05, 0.1) is 6.04 Å². The van der Waals surface area contributed by atoms with E-state index >= 15 is 0 Å². The molecular formula is C22H22N2O2. The zero-order valence-electron chi connectivity index (χ0n) is 14.7. The van der Waals surface area contributed by atoms with Gasteiger partial charge in [0.2, 0.25) is 11.8 Å². The Morgan fingerprint density at radius 1 is 0.885 bits per heavy atom. The molecule has 0 heterocycles. The average Bonchev–Trinajstić information content (AvgIpc) is 2.66. The van der Waals surface area contributed by atoms with Crippen LogP contribution in [0.3, 0.4) is 0 Å². The van der Waals surface area contributed by atoms with Gasteiger partial charge in [-0.1, -0.05) is 72.8 Å². The Balaban J connectivity index is 1.91. The fourth-order valence-electron chi connectivity index (χ4n) is 3.07. The molecule has 0 aromatic heterocycles. The smallest absolute Gasteiger partial charge is 0.222 e. The van der Waals surface area contributed by atoms with Crippen LogP contribution in [0.1, 0.15) is 30.5 Å². The molecule has 0 aliphatic heterocycles. The van der Waals surface area contributed by atoms with Gasteiger partial charge in [0.25, 0.3) is 0 Å². The van der Waals surface area contributed by atoms with Gasteiger partial charge in [-0.2, -0.15) is 0 Å². The third-order valence-corrected chi connectivity index (χ3v) is 4.30. The van der Waals surface area contributed by atoms with E-state index in [-0.39, 0.29) is 24.3 Å². The third kappa shape index (κ3) is 4.28. The fourth-order valence-corrected chi connectivity index (χ4v) is 3.07. The Bertz CT molecular complexity index is 901. The molecule has 4 heteroatoms. The van der Waals surface area contributed by atoms with Crippen molar-refractivity contribution in [1.82, 2.24) is 10.6 Å². The molecule has 1 unspecified atom stereocenters. The molecule has 3 aromatic carbocycles. The van der Waals surface area contributed by atoms with Crippen LogP contribution in [-0.2, 0) is 9.59 Å². The van der Waals surface area contributed by atoms with E-state index in [1.54, 1.807) is 0 Å². The standard InChI is InChI=1S/C22H22N2O2/c1-16(25)23-15-14-21(26)24-22(18-9-3-2-4-10-18)20-13-7-11-17-8-5-6-12-19(17)20/h2-13,22H,14-15H2,1H3,(H,23,25)(H,24,26). The monoisotopic (exact) mass is 346 g/mol. The van der Waals surface area contributed by atoms with Gasteiger partial charge in [-0.25, -0.2) is 0 Å². The first-order valence-corrected chi connectivity index (χ1v) is 8.71. The van der Waals surface area contributed by atoms with E-state index in [9.17, 15) is 9.59 Å². The molecule has 0 radical (unpaired) electrons. The highest BCUT2D eigenvalue weighted by Gasteiger charge is 2.18. The minimum atomic E-state index is -0.243. The lowest BCUT2D eigenvalue weighted by molar-refractivity contribution is -0.122. The first-order chi connectivity index (χ1) is 12.6. The number of amides is 2. The zero-order valence-corrected chi connectivity index (χ0v) is 14.7. The van der Waals surface area contributed by atoms with Crippen molar-refractivity contribution in [1.29, 1.82) is 0 Å². The van der Waals surface area contributed by atoms with Crippen LogP contribution in [0.15, 0.2) is 72.8 Å². The Morgan fingerprint density at radius 2 is 1.58 bits per heavy atom. The van der Waals surface area contributed by atoms with E-state index in [1.807, 2.05) is 54.6 Å². The van der Waals surface area contributed by atoms with Crippen molar-refractivity contribution in [2.45, 2.75) is 19.4 Å². The number of fused-ring (bicyclic) bond motifs is 1. The fraction of sp³-hybridized carbons (Fsp3) is 0.182. The van der Waals surface area contributed by atoms with Crippen LogP contribution in [0.2, 0.25) is 0 Å². The van der Waals surface area contributed by atoms with Gasteiger partial charge >= 0.3 is 0 Å². The van der Waals surface area contributed by atoms with Crippen LogP contribution in [0.4, 0.5) is 0 Å². The number of rotatable bonds is 6. The van der Waals surface area contributed by atoms with Crippen LogP contribution in [0, 0.1) is 0 Å². The molecule has 26 heavy (non-hydrogen) atoms. The van der Waals surface area contributed by atoms with Crippen LogP contribution in [0.25, 0.3) is 10.8 Å². The molecule has 0 aliphatic rings. The zero-order chi connectivity index (χ0) is 18.4. The Morgan fingerprint density at radius 3 is 2.35 bits per heavy atom. The number of carbonyl (C=O) groups excluding carboxylic acids is 2. The molecule has 4 nitrogen and oxygen atoms in total. The summed E-state index contributed by atoms with van der Waals surface area (Å²) in [6.07, 6.45) is 0.244. The summed E-state index contributed by atoms with van der Waals surface area (Å²) in [5.41, 5.74) is 2.08. The predicted molar refractivity (Wildman–Crippen MR) is 104 cm³/mol. The topological polar surface area (TPSA) is 58.2 Å². The predicted octanol–water partition coefficient (Wildman–Crippen LogP) is 3.57. The second-order valence-electron chi connectivity index (χ2n) is 6.21. The summed E-state index contributed by atoms with van der Waals surface area (Å²) in [5, 5.41) is 8.04. The molecule has 3 rings (SSSR count). The molecule has 2 N–H and O–H groups in total. The van der Waals surface area contributed by atoms with Gasteiger partial charge in [-0.3, -0.25) is 9.59 Å². The van der Waals surface area contributed by atoms with Crippen LogP contribution in [-0.4, -0.2) is 18.4 Å². The summed E-state index contributed by atoms with van der Waals surface area (Å²) < 4.78 is 0. The molecule has 0 aliphatic carbocycles. The van der Waals surface area contributed by atoms with E-state index in [2.05, 4.69) is 28.8 Å². The molecule has 2 amide bonds. The van der Waals surface area contributed by atoms with Crippen LogP contribution in [0.5, 0.6) is 0 Å². The number of hydrogen-bond acceptors (Lipinski definition) is 2. The minimum absolute atomic E-state index is 0.0967. The molecule has 0 saturated heterocycles. The lowest BCUT2D eigenvalue weighted by Crippen LogP contribution is -2.32. The molecular weight excluding hydrogens is 324 g/mol. The second kappa shape index (κ2) is 8.30. The van der Waals surface area contributed by atoms with Crippen molar-refractivity contribution < 1.29 is 9.59 Å². The largest absolute Gasteiger partial charge is 0.356 e. The number of carbonyl (C=O) groups is 2. The molecule has 132 valence electrons. The SMILES string of the molecule is CC(=O)NCCC(=O)NC(c1ccccc1)c1cccc2ccccc12. The first-order valence-electron chi connectivity index (χ1n) is 8.71. The molecule has 3 aromatic rings. The number of nitrogens with one attached hydrogen (secondary N) is 2. The van der Waals surface area contributed by atoms with Gasteiger partial charge in [-0.15, -0.1) is 0 Å².